The van der Waals surface area contributed by atoms with Gasteiger partial charge in [-0.25, -0.2) is 0 Å². The van der Waals surface area contributed by atoms with E-state index in [1.54, 1.807) is 20.3 Å². The monoisotopic (exact) mass is 503 g/mol. The zero-order chi connectivity index (χ0) is 25.5. The van der Waals surface area contributed by atoms with Crippen LogP contribution in [0.1, 0.15) is 71.1 Å². The summed E-state index contributed by atoms with van der Waals surface area (Å²) in [4.78, 5) is 34.8. The highest BCUT2D eigenvalue weighted by atomic mass is 16.5. The van der Waals surface area contributed by atoms with Gasteiger partial charge < -0.3 is 19.3 Å². The summed E-state index contributed by atoms with van der Waals surface area (Å²) in [5.41, 5.74) is 3.61. The number of hydrogen-bond donors (Lipinski definition) is 0. The summed E-state index contributed by atoms with van der Waals surface area (Å²) < 4.78 is 11.1. The van der Waals surface area contributed by atoms with E-state index in [1.807, 2.05) is 28.0 Å². The van der Waals surface area contributed by atoms with Gasteiger partial charge in [0, 0.05) is 44.3 Å². The van der Waals surface area contributed by atoms with Crippen LogP contribution >= 0.6 is 0 Å². The van der Waals surface area contributed by atoms with Gasteiger partial charge in [-0.2, -0.15) is 0 Å². The molecule has 3 aliphatic heterocycles. The van der Waals surface area contributed by atoms with Crippen LogP contribution in [0, 0.1) is 0 Å². The molecule has 0 bridgehead atoms. The van der Waals surface area contributed by atoms with Gasteiger partial charge in [0.1, 0.15) is 0 Å². The molecule has 2 fully saturated rings. The normalized spacial score (nSPS) is 24.2. The molecule has 2 unspecified atom stereocenters. The Kier molecular flexibility index (Phi) is 6.57. The molecule has 2 amide bonds. The Morgan fingerprint density at radius 1 is 0.865 bits per heavy atom. The van der Waals surface area contributed by atoms with E-state index in [4.69, 9.17) is 9.47 Å². The van der Waals surface area contributed by atoms with Crippen molar-refractivity contribution in [2.45, 2.75) is 56.5 Å². The van der Waals surface area contributed by atoms with Crippen LogP contribution in [0.4, 0.5) is 0 Å². The van der Waals surface area contributed by atoms with Crippen molar-refractivity contribution in [3.8, 4) is 11.5 Å². The van der Waals surface area contributed by atoms with E-state index in [1.165, 1.54) is 37.7 Å². The van der Waals surface area contributed by atoms with E-state index >= 15 is 0 Å². The van der Waals surface area contributed by atoms with E-state index in [-0.39, 0.29) is 17.9 Å². The average molecular weight is 504 g/mol. The summed E-state index contributed by atoms with van der Waals surface area (Å²) in [6.45, 7) is 3.92. The molecule has 3 heterocycles. The van der Waals surface area contributed by atoms with Crippen LogP contribution < -0.4 is 9.47 Å². The fourth-order valence-corrected chi connectivity index (χ4v) is 7.07. The van der Waals surface area contributed by atoms with Crippen molar-refractivity contribution in [1.29, 1.82) is 0 Å². The van der Waals surface area contributed by atoms with Gasteiger partial charge in [-0.05, 0) is 48.1 Å². The van der Waals surface area contributed by atoms with Crippen molar-refractivity contribution in [2.24, 2.45) is 0 Å². The Morgan fingerprint density at radius 2 is 1.57 bits per heavy atom. The van der Waals surface area contributed by atoms with Crippen LogP contribution in [-0.2, 0) is 11.2 Å². The second-order valence-electron chi connectivity index (χ2n) is 10.8. The largest absolute Gasteiger partial charge is 0.493 e. The number of carbonyl (C=O) groups is 2. The van der Waals surface area contributed by atoms with Gasteiger partial charge in [0.25, 0.3) is 5.91 Å². The molecular weight excluding hydrogens is 466 g/mol. The molecule has 0 spiro atoms. The highest BCUT2D eigenvalue weighted by Gasteiger charge is 2.48. The summed E-state index contributed by atoms with van der Waals surface area (Å²) in [7, 11) is 3.17. The third-order valence-electron chi connectivity index (χ3n) is 9.01. The Balaban J connectivity index is 1.37. The van der Waals surface area contributed by atoms with Gasteiger partial charge >= 0.3 is 0 Å². The van der Waals surface area contributed by atoms with Crippen LogP contribution in [-0.4, -0.2) is 79.5 Å². The zero-order valence-electron chi connectivity index (χ0n) is 21.9. The summed E-state index contributed by atoms with van der Waals surface area (Å²) in [6.07, 6.45) is 7.34. The van der Waals surface area contributed by atoms with Crippen molar-refractivity contribution >= 4 is 11.8 Å². The van der Waals surface area contributed by atoms with Crippen LogP contribution in [0.3, 0.4) is 0 Å². The molecule has 1 aliphatic carbocycles. The number of carbonyl (C=O) groups excluding carboxylic acids is 2. The summed E-state index contributed by atoms with van der Waals surface area (Å²) in [6, 6.07) is 12.3. The highest BCUT2D eigenvalue weighted by Crippen LogP contribution is 2.49. The van der Waals surface area contributed by atoms with Crippen molar-refractivity contribution in [3.63, 3.8) is 0 Å². The molecule has 7 nitrogen and oxygen atoms in total. The van der Waals surface area contributed by atoms with Gasteiger partial charge in [-0.1, -0.05) is 43.5 Å². The number of nitrogens with zero attached hydrogens (tertiary/aromatic N) is 3. The van der Waals surface area contributed by atoms with Gasteiger partial charge in [0.2, 0.25) is 5.91 Å². The van der Waals surface area contributed by atoms with Crippen LogP contribution in [0.15, 0.2) is 36.4 Å². The molecule has 0 aromatic heterocycles. The molecular formula is C30H37N3O4. The second-order valence-corrected chi connectivity index (χ2v) is 10.8. The molecule has 4 aliphatic rings. The van der Waals surface area contributed by atoms with E-state index in [9.17, 15) is 9.59 Å². The molecule has 2 atom stereocenters. The van der Waals surface area contributed by atoms with Crippen molar-refractivity contribution in [3.05, 3.63) is 58.7 Å². The van der Waals surface area contributed by atoms with Crippen molar-refractivity contribution in [1.82, 2.24) is 14.7 Å². The predicted molar refractivity (Wildman–Crippen MR) is 141 cm³/mol. The van der Waals surface area contributed by atoms with E-state index in [0.29, 0.717) is 29.6 Å². The first-order valence-electron chi connectivity index (χ1n) is 13.8. The first-order chi connectivity index (χ1) is 18.1. The molecule has 1 saturated carbocycles. The van der Waals surface area contributed by atoms with Gasteiger partial charge in [0.05, 0.1) is 26.2 Å². The smallest absolute Gasteiger partial charge is 0.254 e. The Hall–Kier alpha value is -3.06. The standard InChI is InChI=1S/C30H37N3O4/c1-36-25-18-23-24(19-26(25)37-2)29(34)33-13-12-20-8-6-7-11-22(20)28(33)27(23)30(35)32-16-14-31(15-17-32)21-9-4-3-5-10-21/h6-8,11,18-19,21,27-28H,3-5,9-10,12-17H2,1-2H3. The minimum atomic E-state index is -0.477. The highest BCUT2D eigenvalue weighted by molar-refractivity contribution is 6.02. The topological polar surface area (TPSA) is 62.3 Å². The number of fused-ring (bicyclic) bond motifs is 4. The number of rotatable bonds is 4. The number of benzene rings is 2. The lowest BCUT2D eigenvalue weighted by atomic mass is 9.75. The minimum Gasteiger partial charge on any atom is -0.493 e. The van der Waals surface area contributed by atoms with Crippen LogP contribution in [0.2, 0.25) is 0 Å². The summed E-state index contributed by atoms with van der Waals surface area (Å²) >= 11 is 0. The van der Waals surface area contributed by atoms with E-state index in [2.05, 4.69) is 17.0 Å². The summed E-state index contributed by atoms with van der Waals surface area (Å²) in [5.74, 6) is 0.650. The molecule has 2 aromatic carbocycles. The van der Waals surface area contributed by atoms with E-state index < -0.39 is 5.92 Å². The maximum Gasteiger partial charge on any atom is 0.254 e. The Labute approximate surface area is 219 Å². The number of ether oxygens (including phenoxy) is 2. The molecule has 0 N–H and O–H groups in total. The lowest BCUT2D eigenvalue weighted by molar-refractivity contribution is -0.137. The fraction of sp³-hybridized carbons (Fsp3) is 0.533. The molecule has 6 rings (SSSR count). The molecule has 0 radical (unpaired) electrons. The third kappa shape index (κ3) is 4.17. The maximum absolute atomic E-state index is 14.4. The first kappa shape index (κ1) is 24.3. The van der Waals surface area contributed by atoms with E-state index in [0.717, 1.165) is 43.7 Å². The molecule has 196 valence electrons. The minimum absolute atomic E-state index is 0.0402. The molecule has 1 saturated heterocycles. The average Bonchev–Trinajstić information content (AvgIpc) is 2.97. The number of amides is 2. The molecule has 37 heavy (non-hydrogen) atoms. The van der Waals surface area contributed by atoms with Gasteiger partial charge in [-0.3, -0.25) is 14.5 Å². The number of hydrogen-bond acceptors (Lipinski definition) is 5. The number of piperazine rings is 1. The lowest BCUT2D eigenvalue weighted by Crippen LogP contribution is -2.56. The van der Waals surface area contributed by atoms with Gasteiger partial charge in [-0.15, -0.1) is 0 Å². The van der Waals surface area contributed by atoms with Crippen LogP contribution in [0.5, 0.6) is 11.5 Å². The van der Waals surface area contributed by atoms with Crippen molar-refractivity contribution in [2.75, 3.05) is 46.9 Å². The Morgan fingerprint density at radius 3 is 2.30 bits per heavy atom. The lowest BCUT2D eigenvalue weighted by Gasteiger charge is -2.47. The first-order valence-corrected chi connectivity index (χ1v) is 13.8. The Bertz CT molecular complexity index is 1180. The molecule has 2 aromatic rings. The van der Waals surface area contributed by atoms with Crippen molar-refractivity contribution < 1.29 is 19.1 Å². The second kappa shape index (κ2) is 10.0. The SMILES string of the molecule is COc1cc2c(cc1OC)C(C(=O)N1CCN(C3CCCCC3)CC1)C1c3ccccc3CCN1C2=O. The fourth-order valence-electron chi connectivity index (χ4n) is 7.07. The quantitative estimate of drug-likeness (QED) is 0.631. The molecule has 7 heteroatoms. The predicted octanol–water partition coefficient (Wildman–Crippen LogP) is 4.02. The zero-order valence-corrected chi connectivity index (χ0v) is 21.9. The summed E-state index contributed by atoms with van der Waals surface area (Å²) in [5, 5.41) is 0. The maximum atomic E-state index is 14.4. The number of methoxy groups -OCH3 is 2. The van der Waals surface area contributed by atoms with Crippen LogP contribution in [0.25, 0.3) is 0 Å². The third-order valence-corrected chi connectivity index (χ3v) is 9.01. The van der Waals surface area contributed by atoms with Gasteiger partial charge in [0.15, 0.2) is 11.5 Å².